The van der Waals surface area contributed by atoms with Crippen molar-refractivity contribution in [2.75, 3.05) is 5.32 Å². The first-order chi connectivity index (χ1) is 11.4. The summed E-state index contributed by atoms with van der Waals surface area (Å²) in [5.41, 5.74) is 1.43. The molecule has 5 nitrogen and oxygen atoms in total. The number of hydrogen-bond donors (Lipinski definition) is 1. The molecule has 24 heavy (non-hydrogen) atoms. The SMILES string of the molecule is CC(=O)c1ccc(NC(=O)[C@H](C)OC(=O)c2ccccc2Br)cc1. The van der Waals surface area contributed by atoms with Gasteiger partial charge in [0.25, 0.3) is 5.91 Å². The Morgan fingerprint density at radius 2 is 1.67 bits per heavy atom. The number of hydrogen-bond acceptors (Lipinski definition) is 4. The predicted octanol–water partition coefficient (Wildman–Crippen LogP) is 3.84. The van der Waals surface area contributed by atoms with Gasteiger partial charge in [-0.05, 0) is 66.2 Å². The first-order valence-electron chi connectivity index (χ1n) is 7.26. The molecule has 0 heterocycles. The van der Waals surface area contributed by atoms with Crippen LogP contribution in [0.4, 0.5) is 5.69 Å². The van der Waals surface area contributed by atoms with Crippen LogP contribution in [0, 0.1) is 0 Å². The molecule has 0 aliphatic heterocycles. The molecule has 124 valence electrons. The van der Waals surface area contributed by atoms with E-state index in [0.29, 0.717) is 21.3 Å². The molecule has 0 radical (unpaired) electrons. The van der Waals surface area contributed by atoms with E-state index in [2.05, 4.69) is 21.2 Å². The summed E-state index contributed by atoms with van der Waals surface area (Å²) >= 11 is 3.27. The number of anilines is 1. The second-order valence-corrected chi connectivity index (χ2v) is 6.00. The van der Waals surface area contributed by atoms with E-state index >= 15 is 0 Å². The number of carbonyl (C=O) groups excluding carboxylic acids is 3. The van der Waals surface area contributed by atoms with Gasteiger partial charge in [-0.25, -0.2) is 4.79 Å². The van der Waals surface area contributed by atoms with Crippen LogP contribution < -0.4 is 5.32 Å². The number of esters is 1. The normalized spacial score (nSPS) is 11.5. The number of nitrogens with one attached hydrogen (secondary N) is 1. The van der Waals surface area contributed by atoms with Crippen molar-refractivity contribution in [3.05, 3.63) is 64.1 Å². The molecule has 0 saturated carbocycles. The molecule has 2 aromatic carbocycles. The first kappa shape index (κ1) is 17.9. The standard InChI is InChI=1S/C18H16BrNO4/c1-11(21)13-7-9-14(10-8-13)20-17(22)12(2)24-18(23)15-5-3-4-6-16(15)19/h3-10,12H,1-2H3,(H,20,22)/t12-/m0/s1. The van der Waals surface area contributed by atoms with Crippen molar-refractivity contribution < 1.29 is 19.1 Å². The zero-order valence-corrected chi connectivity index (χ0v) is 14.8. The summed E-state index contributed by atoms with van der Waals surface area (Å²) in [4.78, 5) is 35.4. The molecule has 0 spiro atoms. The highest BCUT2D eigenvalue weighted by Gasteiger charge is 2.20. The minimum absolute atomic E-state index is 0.0522. The van der Waals surface area contributed by atoms with Gasteiger partial charge >= 0.3 is 5.97 Å². The van der Waals surface area contributed by atoms with Crippen molar-refractivity contribution in [2.45, 2.75) is 20.0 Å². The van der Waals surface area contributed by atoms with Crippen molar-refractivity contribution in [3.8, 4) is 0 Å². The summed E-state index contributed by atoms with van der Waals surface area (Å²) in [5, 5.41) is 2.64. The minimum Gasteiger partial charge on any atom is -0.449 e. The zero-order chi connectivity index (χ0) is 17.7. The van der Waals surface area contributed by atoms with Crippen LogP contribution in [0.2, 0.25) is 0 Å². The van der Waals surface area contributed by atoms with Crippen LogP contribution in [0.15, 0.2) is 53.0 Å². The second kappa shape index (κ2) is 7.88. The van der Waals surface area contributed by atoms with E-state index in [1.165, 1.54) is 13.8 Å². The van der Waals surface area contributed by atoms with Gasteiger partial charge in [0.15, 0.2) is 11.9 Å². The van der Waals surface area contributed by atoms with E-state index in [1.807, 2.05) is 0 Å². The maximum atomic E-state index is 12.1. The molecule has 0 aliphatic carbocycles. The summed E-state index contributed by atoms with van der Waals surface area (Å²) in [5.74, 6) is -1.09. The van der Waals surface area contributed by atoms with Gasteiger partial charge in [-0.3, -0.25) is 9.59 Å². The number of halogens is 1. The average molecular weight is 390 g/mol. The van der Waals surface area contributed by atoms with Crippen molar-refractivity contribution in [2.24, 2.45) is 0 Å². The van der Waals surface area contributed by atoms with Gasteiger partial charge < -0.3 is 10.1 Å². The molecule has 1 atom stereocenters. The van der Waals surface area contributed by atoms with E-state index in [4.69, 9.17) is 4.74 Å². The number of ether oxygens (including phenoxy) is 1. The number of amides is 1. The Labute approximate surface area is 148 Å². The number of carbonyl (C=O) groups is 3. The van der Waals surface area contributed by atoms with Crippen LogP contribution in [0.3, 0.4) is 0 Å². The Hall–Kier alpha value is -2.47. The highest BCUT2D eigenvalue weighted by Crippen LogP contribution is 2.18. The summed E-state index contributed by atoms with van der Waals surface area (Å²) in [6.45, 7) is 2.96. The fourth-order valence-corrected chi connectivity index (χ4v) is 2.38. The largest absolute Gasteiger partial charge is 0.449 e. The third-order valence-corrected chi connectivity index (χ3v) is 4.00. The Bertz CT molecular complexity index is 771. The topological polar surface area (TPSA) is 72.5 Å². The highest BCUT2D eigenvalue weighted by molar-refractivity contribution is 9.10. The molecule has 0 aromatic heterocycles. The lowest BCUT2D eigenvalue weighted by molar-refractivity contribution is -0.123. The number of rotatable bonds is 5. The molecule has 2 aromatic rings. The van der Waals surface area contributed by atoms with Crippen molar-refractivity contribution in [1.29, 1.82) is 0 Å². The molecule has 1 amide bonds. The van der Waals surface area contributed by atoms with Crippen LogP contribution in [-0.4, -0.2) is 23.8 Å². The van der Waals surface area contributed by atoms with Gasteiger partial charge in [-0.1, -0.05) is 12.1 Å². The summed E-state index contributed by atoms with van der Waals surface area (Å²) < 4.78 is 5.78. The lowest BCUT2D eigenvalue weighted by Gasteiger charge is -2.14. The molecule has 2 rings (SSSR count). The maximum Gasteiger partial charge on any atom is 0.340 e. The molecular formula is C18H16BrNO4. The zero-order valence-electron chi connectivity index (χ0n) is 13.2. The molecule has 6 heteroatoms. The van der Waals surface area contributed by atoms with Gasteiger partial charge in [0.1, 0.15) is 0 Å². The van der Waals surface area contributed by atoms with E-state index in [1.54, 1.807) is 48.5 Å². The maximum absolute atomic E-state index is 12.1. The Morgan fingerprint density at radius 3 is 2.25 bits per heavy atom. The molecule has 0 aliphatic rings. The molecule has 0 saturated heterocycles. The lowest BCUT2D eigenvalue weighted by Crippen LogP contribution is -2.30. The lowest BCUT2D eigenvalue weighted by atomic mass is 10.1. The Balaban J connectivity index is 1.98. The minimum atomic E-state index is -0.961. The summed E-state index contributed by atoms with van der Waals surface area (Å²) in [7, 11) is 0. The molecule has 0 fully saturated rings. The average Bonchev–Trinajstić information content (AvgIpc) is 2.55. The summed E-state index contributed by atoms with van der Waals surface area (Å²) in [6.07, 6.45) is -0.961. The van der Waals surface area contributed by atoms with E-state index < -0.39 is 18.0 Å². The third-order valence-electron chi connectivity index (χ3n) is 3.31. The highest BCUT2D eigenvalue weighted by atomic mass is 79.9. The fourth-order valence-electron chi connectivity index (χ4n) is 1.94. The van der Waals surface area contributed by atoms with Crippen molar-refractivity contribution >= 4 is 39.3 Å². The van der Waals surface area contributed by atoms with E-state index in [-0.39, 0.29) is 5.78 Å². The van der Waals surface area contributed by atoms with Gasteiger partial charge in [-0.2, -0.15) is 0 Å². The Morgan fingerprint density at radius 1 is 1.04 bits per heavy atom. The quantitative estimate of drug-likeness (QED) is 0.622. The van der Waals surface area contributed by atoms with Crippen LogP contribution in [0.1, 0.15) is 34.6 Å². The molecule has 0 unspecified atom stereocenters. The van der Waals surface area contributed by atoms with Crippen molar-refractivity contribution in [1.82, 2.24) is 0 Å². The van der Waals surface area contributed by atoms with E-state index in [0.717, 1.165) is 0 Å². The second-order valence-electron chi connectivity index (χ2n) is 5.15. The van der Waals surface area contributed by atoms with E-state index in [9.17, 15) is 14.4 Å². The number of ketones is 1. The predicted molar refractivity (Wildman–Crippen MR) is 94.1 cm³/mol. The molecular weight excluding hydrogens is 374 g/mol. The monoisotopic (exact) mass is 389 g/mol. The van der Waals surface area contributed by atoms with Gasteiger partial charge in [0.05, 0.1) is 5.56 Å². The number of Topliss-reactive ketones (excluding diaryl/α,β-unsaturated/α-hetero) is 1. The van der Waals surface area contributed by atoms with Crippen LogP contribution in [-0.2, 0) is 9.53 Å². The summed E-state index contributed by atoms with van der Waals surface area (Å²) in [6, 6.07) is 13.3. The van der Waals surface area contributed by atoms with Crippen LogP contribution in [0.5, 0.6) is 0 Å². The van der Waals surface area contributed by atoms with Gasteiger partial charge in [0.2, 0.25) is 0 Å². The van der Waals surface area contributed by atoms with Crippen molar-refractivity contribution in [3.63, 3.8) is 0 Å². The van der Waals surface area contributed by atoms with Gasteiger partial charge in [0, 0.05) is 15.7 Å². The number of benzene rings is 2. The van der Waals surface area contributed by atoms with Gasteiger partial charge in [-0.15, -0.1) is 0 Å². The molecule has 1 N–H and O–H groups in total. The Kier molecular flexibility index (Phi) is 5.87. The van der Waals surface area contributed by atoms with Crippen LogP contribution in [0.25, 0.3) is 0 Å². The first-order valence-corrected chi connectivity index (χ1v) is 8.05. The fraction of sp³-hybridized carbons (Fsp3) is 0.167. The van der Waals surface area contributed by atoms with Crippen LogP contribution >= 0.6 is 15.9 Å². The molecule has 0 bridgehead atoms. The smallest absolute Gasteiger partial charge is 0.340 e. The third kappa shape index (κ3) is 4.52.